The summed E-state index contributed by atoms with van der Waals surface area (Å²) < 4.78 is 71.5. The molecule has 11 aliphatic rings. The summed E-state index contributed by atoms with van der Waals surface area (Å²) in [5.41, 5.74) is -1.40. The zero-order valence-electron chi connectivity index (χ0n) is 54.4. The van der Waals surface area contributed by atoms with Crippen molar-refractivity contribution in [2.75, 3.05) is 26.4 Å². The van der Waals surface area contributed by atoms with Crippen LogP contribution in [0.3, 0.4) is 0 Å². The highest BCUT2D eigenvalue weighted by Gasteiger charge is 2.70. The summed E-state index contributed by atoms with van der Waals surface area (Å²) in [4.78, 5) is 15.3. The fourth-order valence-corrected chi connectivity index (χ4v) is 18.7. The van der Waals surface area contributed by atoms with Gasteiger partial charge in [-0.15, -0.1) is 0 Å². The van der Waals surface area contributed by atoms with Crippen LogP contribution in [-0.4, -0.2) is 292 Å². The lowest BCUT2D eigenvalue weighted by Gasteiger charge is -2.71. The van der Waals surface area contributed by atoms with E-state index < -0.39 is 215 Å². The highest BCUT2D eigenvalue weighted by Crippen LogP contribution is 2.76. The van der Waals surface area contributed by atoms with E-state index in [4.69, 9.17) is 56.8 Å². The summed E-state index contributed by atoms with van der Waals surface area (Å²) in [6.07, 6.45) is -35.6. The third-order valence-electron chi connectivity index (χ3n) is 24.8. The fourth-order valence-electron chi connectivity index (χ4n) is 18.7. The quantitative estimate of drug-likeness (QED) is 0.0467. The highest BCUT2D eigenvalue weighted by molar-refractivity contribution is 5.79. The van der Waals surface area contributed by atoms with Crippen molar-refractivity contribution in [1.82, 2.24) is 0 Å². The fraction of sp³-hybridized carbons (Fsp3) is 0.953. The number of esters is 1. The first-order valence-electron chi connectivity index (χ1n) is 33.4. The maximum absolute atomic E-state index is 15.3. The van der Waals surface area contributed by atoms with Gasteiger partial charge in [0.05, 0.1) is 50.2 Å². The molecule has 29 heteroatoms. The van der Waals surface area contributed by atoms with E-state index in [2.05, 4.69) is 54.5 Å². The molecule has 36 atom stereocenters. The largest absolute Gasteiger partial charge is 0.432 e. The summed E-state index contributed by atoms with van der Waals surface area (Å²) in [7, 11) is 0. The van der Waals surface area contributed by atoms with Crippen LogP contribution in [0.1, 0.15) is 127 Å². The van der Waals surface area contributed by atoms with Crippen molar-refractivity contribution in [2.45, 2.75) is 305 Å². The predicted molar refractivity (Wildman–Crippen MR) is 313 cm³/mol. The number of hydrogen-bond donors (Lipinski definition) is 16. The Morgan fingerprint density at radius 3 is 1.76 bits per heavy atom. The standard InChI is InChI=1S/C64H104O29/c1-25-36(68)41(73)45(77)54(85-25)90-49-31(21-65)87-52(47(79)43(49)75)84-24-32-40(72)42(74)46(78)55(88-32)93-58(81)64-18-16-59(3,4)20-28(64)27-10-11-34-61(7)14-13-35(60(5,6)33(61)12-15-63(34,9)62(27,8)17-19-64)89-57-51(39(71)30(67)23-83-57)92-56-48(80)50(37(69)26(2)86-56)91-53-44(76)38(70)29(66)22-82-53/h10,25-26,28-57,65-80H,11-24H2,1-9H3. The molecule has 6 aliphatic heterocycles. The topological polar surface area (TPSA) is 452 Å². The van der Waals surface area contributed by atoms with E-state index in [1.807, 2.05) is 0 Å². The Labute approximate surface area is 540 Å². The van der Waals surface area contributed by atoms with Crippen LogP contribution in [0, 0.1) is 50.2 Å². The normalized spacial score (nSPS) is 54.7. The molecule has 0 bridgehead atoms. The van der Waals surface area contributed by atoms with Crippen LogP contribution in [0.15, 0.2) is 11.6 Å². The van der Waals surface area contributed by atoms with E-state index in [9.17, 15) is 81.7 Å². The first kappa shape index (κ1) is 72.4. The summed E-state index contributed by atoms with van der Waals surface area (Å²) in [6, 6.07) is 0. The second-order valence-corrected chi connectivity index (χ2v) is 31.0. The van der Waals surface area contributed by atoms with Crippen molar-refractivity contribution >= 4 is 5.97 Å². The Morgan fingerprint density at radius 2 is 1.08 bits per heavy atom. The molecule has 93 heavy (non-hydrogen) atoms. The summed E-state index contributed by atoms with van der Waals surface area (Å²) >= 11 is 0. The minimum Gasteiger partial charge on any atom is -0.432 e. The molecule has 10 fully saturated rings. The molecule has 29 nitrogen and oxygen atoms in total. The Kier molecular flexibility index (Phi) is 20.9. The molecular formula is C64H104O29. The molecular weight excluding hydrogens is 1230 g/mol. The van der Waals surface area contributed by atoms with E-state index in [1.165, 1.54) is 19.4 Å². The number of carbonyl (C=O) groups is 1. The number of rotatable bonds is 14. The highest BCUT2D eigenvalue weighted by atomic mass is 16.8. The van der Waals surface area contributed by atoms with Crippen LogP contribution in [0.5, 0.6) is 0 Å². The van der Waals surface area contributed by atoms with Crippen molar-refractivity contribution in [2.24, 2.45) is 50.2 Å². The Balaban J connectivity index is 0.762. The van der Waals surface area contributed by atoms with Crippen molar-refractivity contribution in [3.05, 3.63) is 11.6 Å². The van der Waals surface area contributed by atoms with Gasteiger partial charge >= 0.3 is 5.97 Å². The van der Waals surface area contributed by atoms with Gasteiger partial charge in [0.25, 0.3) is 0 Å². The predicted octanol–water partition coefficient (Wildman–Crippen LogP) is -3.05. The third-order valence-corrected chi connectivity index (χ3v) is 24.8. The van der Waals surface area contributed by atoms with Gasteiger partial charge in [-0.25, -0.2) is 0 Å². The van der Waals surface area contributed by atoms with Gasteiger partial charge in [0.15, 0.2) is 31.5 Å². The summed E-state index contributed by atoms with van der Waals surface area (Å²) in [5.74, 6) is -0.598. The zero-order chi connectivity index (χ0) is 67.7. The van der Waals surface area contributed by atoms with Crippen LogP contribution in [0.25, 0.3) is 0 Å². The van der Waals surface area contributed by atoms with Crippen molar-refractivity contribution < 1.29 is 143 Å². The molecule has 36 unspecified atom stereocenters. The number of hydrogen-bond acceptors (Lipinski definition) is 29. The van der Waals surface area contributed by atoms with Crippen molar-refractivity contribution in [1.29, 1.82) is 0 Å². The average Bonchev–Trinajstić information content (AvgIpc) is 0.677. The average molecular weight is 1340 g/mol. The van der Waals surface area contributed by atoms with Gasteiger partial charge in [-0.3, -0.25) is 4.79 Å². The lowest BCUT2D eigenvalue weighted by molar-refractivity contribution is -0.378. The van der Waals surface area contributed by atoms with Gasteiger partial charge in [0.2, 0.25) is 6.29 Å². The number of aliphatic hydroxyl groups is 16. The van der Waals surface area contributed by atoms with E-state index in [0.717, 1.165) is 25.7 Å². The van der Waals surface area contributed by atoms with Gasteiger partial charge in [-0.2, -0.15) is 0 Å². The number of aliphatic hydroxyl groups excluding tert-OH is 16. The molecule has 11 rings (SSSR count). The summed E-state index contributed by atoms with van der Waals surface area (Å²) in [6.45, 7) is 16.7. The molecule has 6 saturated heterocycles. The molecule has 0 amide bonds. The molecule has 5 aliphatic carbocycles. The lowest BCUT2D eigenvalue weighted by atomic mass is 9.33. The molecule has 0 aromatic heterocycles. The van der Waals surface area contributed by atoms with E-state index in [0.29, 0.717) is 38.5 Å². The molecule has 4 saturated carbocycles. The Hall–Kier alpha value is -1.87. The molecule has 0 radical (unpaired) electrons. The van der Waals surface area contributed by atoms with E-state index in [1.54, 1.807) is 0 Å². The van der Waals surface area contributed by atoms with Gasteiger partial charge in [-0.05, 0) is 123 Å². The molecule has 6 heterocycles. The van der Waals surface area contributed by atoms with Crippen LogP contribution in [0.2, 0.25) is 0 Å². The van der Waals surface area contributed by atoms with Gasteiger partial charge in [0.1, 0.15) is 122 Å². The molecule has 0 aromatic rings. The van der Waals surface area contributed by atoms with Crippen molar-refractivity contribution in [3.63, 3.8) is 0 Å². The molecule has 0 spiro atoms. The molecule has 0 aromatic carbocycles. The van der Waals surface area contributed by atoms with E-state index in [-0.39, 0.29) is 46.0 Å². The monoisotopic (exact) mass is 1340 g/mol. The number of fused-ring (bicyclic) bond motifs is 7. The minimum atomic E-state index is -1.90. The van der Waals surface area contributed by atoms with Crippen molar-refractivity contribution in [3.8, 4) is 0 Å². The van der Waals surface area contributed by atoms with Crippen LogP contribution >= 0.6 is 0 Å². The smallest absolute Gasteiger partial charge is 0.315 e. The number of carbonyl (C=O) groups excluding carboxylic acids is 1. The maximum atomic E-state index is 15.3. The first-order valence-corrected chi connectivity index (χ1v) is 33.4. The van der Waals surface area contributed by atoms with Gasteiger partial charge in [-0.1, -0.05) is 60.1 Å². The van der Waals surface area contributed by atoms with Crippen LogP contribution < -0.4 is 0 Å². The SMILES string of the molecule is CC1OC(OC2C(CO)OC(OCC3OC(OC(=O)C45CCC(C)(C)CC4C4=CCC6C7(C)CCC(OC8OCC(O)C(O)C8OC8OC(C)C(O)C(OC9OCC(O)C(O)C9O)C8O)C(C)(C)C7CCC6(C)C4(C)CC5)C(O)C(O)C3O)C(O)C2O)C(O)C(O)C1O. The van der Waals surface area contributed by atoms with Crippen LogP contribution in [-0.2, 0) is 61.6 Å². The molecule has 16 N–H and O–H groups in total. The number of allylic oxidation sites excluding steroid dienone is 2. The second kappa shape index (κ2) is 26.9. The number of ether oxygens (including phenoxy) is 12. The zero-order valence-corrected chi connectivity index (χ0v) is 54.4. The summed E-state index contributed by atoms with van der Waals surface area (Å²) in [5, 5.41) is 174. The Morgan fingerprint density at radius 1 is 0.505 bits per heavy atom. The third kappa shape index (κ3) is 12.6. The maximum Gasteiger partial charge on any atom is 0.315 e. The van der Waals surface area contributed by atoms with Gasteiger partial charge in [0, 0.05) is 0 Å². The van der Waals surface area contributed by atoms with Gasteiger partial charge < -0.3 is 139 Å². The lowest BCUT2D eigenvalue weighted by Crippen LogP contribution is -2.66. The van der Waals surface area contributed by atoms with E-state index >= 15 is 4.79 Å². The molecule has 534 valence electrons. The minimum absolute atomic E-state index is 0.113. The van der Waals surface area contributed by atoms with Crippen LogP contribution in [0.4, 0.5) is 0 Å². The first-order chi connectivity index (χ1) is 43.5. The Bertz CT molecular complexity index is 2620. The second-order valence-electron chi connectivity index (χ2n) is 31.0.